The van der Waals surface area contributed by atoms with Gasteiger partial charge in [0.1, 0.15) is 11.6 Å². The summed E-state index contributed by atoms with van der Waals surface area (Å²) in [6, 6.07) is 18.7. The predicted molar refractivity (Wildman–Crippen MR) is 139 cm³/mol. The first kappa shape index (κ1) is 23.9. The Balaban J connectivity index is 1.48. The summed E-state index contributed by atoms with van der Waals surface area (Å²) in [4.78, 5) is 27.1. The molecule has 0 atom stereocenters. The molecule has 2 heterocycles. The largest absolute Gasteiger partial charge is 0.354 e. The number of carbonyl (C=O) groups excluding carboxylic acids is 1. The van der Waals surface area contributed by atoms with Crippen LogP contribution in [-0.2, 0) is 12.8 Å². The predicted octanol–water partition coefficient (Wildman–Crippen LogP) is 5.38. The molecule has 0 bridgehead atoms. The van der Waals surface area contributed by atoms with Gasteiger partial charge >= 0.3 is 0 Å². The lowest BCUT2D eigenvalue weighted by Gasteiger charge is -2.26. The molecule has 0 radical (unpaired) electrons. The van der Waals surface area contributed by atoms with Crippen molar-refractivity contribution in [1.29, 1.82) is 0 Å². The smallest absolute Gasteiger partial charge is 0.253 e. The normalized spacial score (nSPS) is 14.2. The summed E-state index contributed by atoms with van der Waals surface area (Å²) in [6.45, 7) is 9.37. The second kappa shape index (κ2) is 11.3. The zero-order valence-corrected chi connectivity index (χ0v) is 20.8. The van der Waals surface area contributed by atoms with E-state index >= 15 is 0 Å². The monoisotopic (exact) mass is 456 g/mol. The Kier molecular flexibility index (Phi) is 7.94. The lowest BCUT2D eigenvalue weighted by atomic mass is 10.0. The number of anilines is 1. The minimum absolute atomic E-state index is 0.128. The summed E-state index contributed by atoms with van der Waals surface area (Å²) in [5.41, 5.74) is 5.56. The SMILES string of the molecule is CCCCc1ccc(C(=O)N2CCCN(c3nc(C)nc(C)c3Cc3ccccc3)CC2)cc1. The fourth-order valence-electron chi connectivity index (χ4n) is 4.70. The molecule has 0 N–H and O–H groups in total. The van der Waals surface area contributed by atoms with Gasteiger partial charge < -0.3 is 9.80 Å². The Morgan fingerprint density at radius 2 is 1.65 bits per heavy atom. The van der Waals surface area contributed by atoms with E-state index in [1.54, 1.807) is 0 Å². The summed E-state index contributed by atoms with van der Waals surface area (Å²) >= 11 is 0. The molecule has 3 aromatic rings. The summed E-state index contributed by atoms with van der Waals surface area (Å²) < 4.78 is 0. The highest BCUT2D eigenvalue weighted by atomic mass is 16.2. The van der Waals surface area contributed by atoms with Crippen LogP contribution in [0.5, 0.6) is 0 Å². The lowest BCUT2D eigenvalue weighted by Crippen LogP contribution is -2.35. The van der Waals surface area contributed by atoms with Gasteiger partial charge in [-0.25, -0.2) is 9.97 Å². The Bertz CT molecular complexity index is 1100. The molecule has 0 saturated carbocycles. The van der Waals surface area contributed by atoms with Gasteiger partial charge in [0.15, 0.2) is 0 Å². The fraction of sp³-hybridized carbons (Fsp3) is 0.414. The van der Waals surface area contributed by atoms with E-state index in [0.29, 0.717) is 6.54 Å². The number of benzene rings is 2. The molecule has 1 amide bonds. The highest BCUT2D eigenvalue weighted by Crippen LogP contribution is 2.25. The molecule has 1 saturated heterocycles. The zero-order valence-electron chi connectivity index (χ0n) is 20.8. The molecule has 1 aliphatic rings. The van der Waals surface area contributed by atoms with E-state index in [2.05, 4.69) is 60.1 Å². The van der Waals surface area contributed by atoms with Crippen molar-refractivity contribution in [3.8, 4) is 0 Å². The van der Waals surface area contributed by atoms with Crippen LogP contribution >= 0.6 is 0 Å². The van der Waals surface area contributed by atoms with Crippen molar-refractivity contribution >= 4 is 11.7 Å². The van der Waals surface area contributed by atoms with E-state index in [0.717, 1.165) is 61.8 Å². The highest BCUT2D eigenvalue weighted by Gasteiger charge is 2.23. The number of hydrogen-bond donors (Lipinski definition) is 0. The first-order valence-electron chi connectivity index (χ1n) is 12.6. The Labute approximate surface area is 203 Å². The van der Waals surface area contributed by atoms with E-state index in [-0.39, 0.29) is 5.91 Å². The topological polar surface area (TPSA) is 49.3 Å². The number of unbranched alkanes of at least 4 members (excludes halogenated alkanes) is 1. The number of aromatic nitrogens is 2. The van der Waals surface area contributed by atoms with Crippen molar-refractivity contribution in [1.82, 2.24) is 14.9 Å². The van der Waals surface area contributed by atoms with Gasteiger partial charge in [0, 0.05) is 49.4 Å². The minimum Gasteiger partial charge on any atom is -0.354 e. The second-order valence-corrected chi connectivity index (χ2v) is 9.25. The number of rotatable bonds is 7. The first-order chi connectivity index (χ1) is 16.5. The van der Waals surface area contributed by atoms with E-state index in [1.165, 1.54) is 29.5 Å². The number of carbonyl (C=O) groups is 1. The first-order valence-corrected chi connectivity index (χ1v) is 12.6. The molecule has 5 heteroatoms. The zero-order chi connectivity index (χ0) is 23.9. The van der Waals surface area contributed by atoms with Gasteiger partial charge in [-0.05, 0) is 56.4 Å². The maximum absolute atomic E-state index is 13.2. The Morgan fingerprint density at radius 1 is 0.882 bits per heavy atom. The quantitative estimate of drug-likeness (QED) is 0.479. The highest BCUT2D eigenvalue weighted by molar-refractivity contribution is 5.94. The average Bonchev–Trinajstić information content (AvgIpc) is 3.11. The van der Waals surface area contributed by atoms with E-state index in [9.17, 15) is 4.79 Å². The van der Waals surface area contributed by atoms with Gasteiger partial charge in [0.05, 0.1) is 0 Å². The third kappa shape index (κ3) is 5.82. The molecular weight excluding hydrogens is 420 g/mol. The number of aryl methyl sites for hydroxylation is 3. The third-order valence-corrected chi connectivity index (χ3v) is 6.63. The van der Waals surface area contributed by atoms with Crippen molar-refractivity contribution in [3.05, 3.63) is 88.4 Å². The van der Waals surface area contributed by atoms with Crippen LogP contribution in [0.3, 0.4) is 0 Å². The molecule has 1 fully saturated rings. The van der Waals surface area contributed by atoms with Crippen LogP contribution in [-0.4, -0.2) is 47.0 Å². The van der Waals surface area contributed by atoms with Gasteiger partial charge in [-0.3, -0.25) is 4.79 Å². The average molecular weight is 457 g/mol. The molecule has 2 aromatic carbocycles. The van der Waals surface area contributed by atoms with Gasteiger partial charge in [0.25, 0.3) is 5.91 Å². The Morgan fingerprint density at radius 3 is 2.38 bits per heavy atom. The molecule has 1 aromatic heterocycles. The van der Waals surface area contributed by atoms with Crippen LogP contribution in [0.4, 0.5) is 5.82 Å². The van der Waals surface area contributed by atoms with Gasteiger partial charge in [-0.1, -0.05) is 55.8 Å². The van der Waals surface area contributed by atoms with Crippen LogP contribution in [0.1, 0.15) is 64.8 Å². The minimum atomic E-state index is 0.128. The molecule has 178 valence electrons. The molecule has 0 unspecified atom stereocenters. The molecule has 5 nitrogen and oxygen atoms in total. The number of amides is 1. The van der Waals surface area contributed by atoms with E-state index in [1.807, 2.05) is 30.0 Å². The summed E-state index contributed by atoms with van der Waals surface area (Å²) in [5, 5.41) is 0. The van der Waals surface area contributed by atoms with Crippen molar-refractivity contribution in [2.75, 3.05) is 31.1 Å². The van der Waals surface area contributed by atoms with Crippen LogP contribution in [0.2, 0.25) is 0 Å². The van der Waals surface area contributed by atoms with E-state index in [4.69, 9.17) is 4.98 Å². The van der Waals surface area contributed by atoms with Crippen molar-refractivity contribution < 1.29 is 4.79 Å². The fourth-order valence-corrected chi connectivity index (χ4v) is 4.70. The molecule has 0 spiro atoms. The number of hydrogen-bond acceptors (Lipinski definition) is 4. The third-order valence-electron chi connectivity index (χ3n) is 6.63. The molecular formula is C29H36N4O. The van der Waals surface area contributed by atoms with Crippen LogP contribution in [0.15, 0.2) is 54.6 Å². The summed E-state index contributed by atoms with van der Waals surface area (Å²) in [5.74, 6) is 1.94. The lowest BCUT2D eigenvalue weighted by molar-refractivity contribution is 0.0767. The maximum atomic E-state index is 13.2. The Hall–Kier alpha value is -3.21. The summed E-state index contributed by atoms with van der Waals surface area (Å²) in [6.07, 6.45) is 5.18. The summed E-state index contributed by atoms with van der Waals surface area (Å²) in [7, 11) is 0. The van der Waals surface area contributed by atoms with Crippen LogP contribution < -0.4 is 4.90 Å². The van der Waals surface area contributed by atoms with Gasteiger partial charge in [0.2, 0.25) is 0 Å². The second-order valence-electron chi connectivity index (χ2n) is 9.25. The van der Waals surface area contributed by atoms with Crippen molar-refractivity contribution in [2.24, 2.45) is 0 Å². The number of nitrogens with zero attached hydrogens (tertiary/aromatic N) is 4. The maximum Gasteiger partial charge on any atom is 0.253 e. The molecule has 0 aliphatic carbocycles. The van der Waals surface area contributed by atoms with Crippen LogP contribution in [0.25, 0.3) is 0 Å². The molecule has 4 rings (SSSR count). The van der Waals surface area contributed by atoms with Gasteiger partial charge in [-0.15, -0.1) is 0 Å². The standard InChI is InChI=1S/C29H36N4O/c1-4-5-10-24-13-15-26(16-14-24)29(34)33-18-9-17-32(19-20-33)28-27(22(2)30-23(3)31-28)21-25-11-7-6-8-12-25/h6-8,11-16H,4-5,9-10,17-21H2,1-3H3. The van der Waals surface area contributed by atoms with E-state index < -0.39 is 0 Å². The van der Waals surface area contributed by atoms with Crippen molar-refractivity contribution in [3.63, 3.8) is 0 Å². The van der Waals surface area contributed by atoms with Gasteiger partial charge in [-0.2, -0.15) is 0 Å². The molecule has 1 aliphatic heterocycles. The van der Waals surface area contributed by atoms with Crippen molar-refractivity contribution in [2.45, 2.75) is 52.9 Å². The molecule has 34 heavy (non-hydrogen) atoms. The van der Waals surface area contributed by atoms with Crippen LogP contribution in [0, 0.1) is 13.8 Å².